The predicted molar refractivity (Wildman–Crippen MR) is 97.0 cm³/mol. The highest BCUT2D eigenvalue weighted by Crippen LogP contribution is 2.57. The third-order valence-corrected chi connectivity index (χ3v) is 4.84. The van der Waals surface area contributed by atoms with Crippen molar-refractivity contribution in [2.24, 2.45) is 10.7 Å². The van der Waals surface area contributed by atoms with Crippen molar-refractivity contribution < 1.29 is 27.8 Å². The van der Waals surface area contributed by atoms with E-state index < -0.39 is 24.3 Å². The van der Waals surface area contributed by atoms with Crippen LogP contribution < -0.4 is 10.5 Å². The fraction of sp³-hybridized carbons (Fsp3) is 0.200. The molecule has 1 aliphatic carbocycles. The molecule has 0 radical (unpaired) electrons. The minimum Gasteiger partial charge on any atom is -0.484 e. The van der Waals surface area contributed by atoms with Gasteiger partial charge in [0.15, 0.2) is 6.61 Å². The number of aliphatic imine (C=N–C) groups is 1. The van der Waals surface area contributed by atoms with Gasteiger partial charge in [0.1, 0.15) is 5.75 Å². The third kappa shape index (κ3) is 2.60. The minimum absolute atomic E-state index is 0.00392. The van der Waals surface area contributed by atoms with Crippen LogP contribution in [0.1, 0.15) is 16.7 Å². The quantitative estimate of drug-likeness (QED) is 0.845. The molecule has 28 heavy (non-hydrogen) atoms. The number of benzene rings is 2. The minimum atomic E-state index is -4.97. The number of carbonyl (C=O) groups excluding carboxylic acids is 1. The summed E-state index contributed by atoms with van der Waals surface area (Å²) in [6, 6.07) is 8.50. The first-order chi connectivity index (χ1) is 13.2. The SMILES string of the molecule is NC(=O)COc1cc(C2=CCN=C2)c2c(c1)C(O)(C(F)(F)F)c1ccccc1-2. The van der Waals surface area contributed by atoms with Crippen LogP contribution in [0.5, 0.6) is 5.75 Å². The van der Waals surface area contributed by atoms with Crippen molar-refractivity contribution in [2.75, 3.05) is 13.2 Å². The smallest absolute Gasteiger partial charge is 0.425 e. The summed E-state index contributed by atoms with van der Waals surface area (Å²) in [5.74, 6) is -0.762. The first-order valence-corrected chi connectivity index (χ1v) is 8.42. The highest BCUT2D eigenvalue weighted by Gasteiger charge is 2.61. The third-order valence-electron chi connectivity index (χ3n) is 4.84. The van der Waals surface area contributed by atoms with E-state index in [9.17, 15) is 23.1 Å². The fourth-order valence-electron chi connectivity index (χ4n) is 3.66. The largest absolute Gasteiger partial charge is 0.484 e. The van der Waals surface area contributed by atoms with E-state index in [1.807, 2.05) is 0 Å². The van der Waals surface area contributed by atoms with Crippen LogP contribution in [-0.2, 0) is 10.4 Å². The number of ether oxygens (including phenoxy) is 1. The van der Waals surface area contributed by atoms with Crippen molar-refractivity contribution in [3.8, 4) is 16.9 Å². The molecule has 2 aromatic rings. The van der Waals surface area contributed by atoms with Gasteiger partial charge in [-0.25, -0.2) is 0 Å². The van der Waals surface area contributed by atoms with Gasteiger partial charge in [0.05, 0.1) is 6.54 Å². The second-order valence-electron chi connectivity index (χ2n) is 6.56. The van der Waals surface area contributed by atoms with Crippen LogP contribution >= 0.6 is 0 Å². The Hall–Kier alpha value is -3.13. The molecule has 8 heteroatoms. The number of hydrogen-bond acceptors (Lipinski definition) is 4. The van der Waals surface area contributed by atoms with Crippen LogP contribution in [0.25, 0.3) is 16.7 Å². The molecule has 2 aliphatic rings. The van der Waals surface area contributed by atoms with Gasteiger partial charge in [-0.15, -0.1) is 0 Å². The lowest BCUT2D eigenvalue weighted by molar-refractivity contribution is -0.246. The van der Waals surface area contributed by atoms with Crippen molar-refractivity contribution in [2.45, 2.75) is 11.8 Å². The Labute approximate surface area is 158 Å². The van der Waals surface area contributed by atoms with Crippen LogP contribution in [0, 0.1) is 0 Å². The standard InChI is InChI=1S/C20H15F3N2O3/c21-20(22,23)19(27)15-4-2-1-3-13(15)18-14(11-5-6-25-9-11)7-12(8-16(18)19)28-10-17(24)26/h1-5,7-9,27H,6,10H2,(H2,24,26). The van der Waals surface area contributed by atoms with Crippen molar-refractivity contribution >= 4 is 17.7 Å². The molecule has 4 rings (SSSR count). The molecule has 1 heterocycles. The van der Waals surface area contributed by atoms with Gasteiger partial charge in [0.25, 0.3) is 5.91 Å². The van der Waals surface area contributed by atoms with Gasteiger partial charge in [0, 0.05) is 17.3 Å². The summed E-state index contributed by atoms with van der Waals surface area (Å²) in [4.78, 5) is 15.1. The molecule has 1 amide bonds. The summed E-state index contributed by atoms with van der Waals surface area (Å²) < 4.78 is 47.4. The van der Waals surface area contributed by atoms with Gasteiger partial charge in [-0.1, -0.05) is 30.3 Å². The van der Waals surface area contributed by atoms with E-state index in [0.29, 0.717) is 17.7 Å². The number of allylic oxidation sites excluding steroid dienone is 1. The molecule has 1 atom stereocenters. The normalized spacial score (nSPS) is 19.9. The fourth-order valence-corrected chi connectivity index (χ4v) is 3.66. The molecule has 1 unspecified atom stereocenters. The zero-order valence-electron chi connectivity index (χ0n) is 14.5. The second kappa shape index (κ2) is 6.20. The Morgan fingerprint density at radius 1 is 1.21 bits per heavy atom. The monoisotopic (exact) mass is 388 g/mol. The van der Waals surface area contributed by atoms with E-state index in [-0.39, 0.29) is 28.0 Å². The summed E-state index contributed by atoms with van der Waals surface area (Å²) in [5.41, 5.74) is 2.89. The highest BCUT2D eigenvalue weighted by molar-refractivity contribution is 6.14. The van der Waals surface area contributed by atoms with Gasteiger partial charge < -0.3 is 15.6 Å². The van der Waals surface area contributed by atoms with Crippen molar-refractivity contribution in [1.29, 1.82) is 0 Å². The number of hydrogen-bond donors (Lipinski definition) is 2. The Kier molecular flexibility index (Phi) is 4.04. The molecule has 1 aliphatic heterocycles. The first-order valence-electron chi connectivity index (χ1n) is 8.42. The Morgan fingerprint density at radius 3 is 2.61 bits per heavy atom. The summed E-state index contributed by atoms with van der Waals surface area (Å²) >= 11 is 0. The zero-order valence-corrected chi connectivity index (χ0v) is 14.5. The van der Waals surface area contributed by atoms with Gasteiger partial charge in [-0.2, -0.15) is 13.2 Å². The molecule has 2 aromatic carbocycles. The summed E-state index contributed by atoms with van der Waals surface area (Å²) in [7, 11) is 0. The van der Waals surface area contributed by atoms with Crippen LogP contribution in [0.3, 0.4) is 0 Å². The maximum atomic E-state index is 14.1. The van der Waals surface area contributed by atoms with Gasteiger partial charge >= 0.3 is 6.18 Å². The van der Waals surface area contributed by atoms with Gasteiger partial charge in [0.2, 0.25) is 5.60 Å². The van der Waals surface area contributed by atoms with Crippen LogP contribution in [-0.4, -0.2) is 36.6 Å². The Bertz CT molecular complexity index is 1040. The average Bonchev–Trinajstić information content (AvgIpc) is 3.26. The summed E-state index contributed by atoms with van der Waals surface area (Å²) in [6.45, 7) is -0.0928. The maximum absolute atomic E-state index is 14.1. The lowest BCUT2D eigenvalue weighted by Crippen LogP contribution is -2.41. The van der Waals surface area contributed by atoms with E-state index in [1.165, 1.54) is 24.3 Å². The molecule has 5 nitrogen and oxygen atoms in total. The van der Waals surface area contributed by atoms with E-state index in [2.05, 4.69) is 4.99 Å². The van der Waals surface area contributed by atoms with Gasteiger partial charge in [-0.3, -0.25) is 9.79 Å². The lowest BCUT2D eigenvalue weighted by atomic mass is 9.89. The number of nitrogens with zero attached hydrogens (tertiary/aromatic N) is 1. The summed E-state index contributed by atoms with van der Waals surface area (Å²) in [5, 5.41) is 10.9. The average molecular weight is 388 g/mol. The number of primary amides is 1. The van der Waals surface area contributed by atoms with E-state index >= 15 is 0 Å². The zero-order chi connectivity index (χ0) is 20.1. The number of carbonyl (C=O) groups is 1. The predicted octanol–water partition coefficient (Wildman–Crippen LogP) is 2.80. The van der Waals surface area contributed by atoms with E-state index in [1.54, 1.807) is 18.4 Å². The molecular weight excluding hydrogens is 373 g/mol. The number of nitrogens with two attached hydrogens (primary N) is 1. The van der Waals surface area contributed by atoms with Crippen molar-refractivity contribution in [3.63, 3.8) is 0 Å². The number of fused-ring (bicyclic) bond motifs is 3. The Morgan fingerprint density at radius 2 is 1.96 bits per heavy atom. The molecule has 3 N–H and O–H groups in total. The Balaban J connectivity index is 2.03. The lowest BCUT2D eigenvalue weighted by Gasteiger charge is -2.28. The number of aliphatic hydroxyl groups is 1. The number of amides is 1. The molecular formula is C20H15F3N2O3. The van der Waals surface area contributed by atoms with Crippen molar-refractivity contribution in [1.82, 2.24) is 0 Å². The molecule has 0 fully saturated rings. The first kappa shape index (κ1) is 18.2. The van der Waals surface area contributed by atoms with Crippen LogP contribution in [0.15, 0.2) is 47.5 Å². The summed E-state index contributed by atoms with van der Waals surface area (Å²) in [6.07, 6.45) is -1.64. The van der Waals surface area contributed by atoms with E-state index in [4.69, 9.17) is 10.5 Å². The maximum Gasteiger partial charge on any atom is 0.425 e. The topological polar surface area (TPSA) is 84.9 Å². The van der Waals surface area contributed by atoms with Crippen molar-refractivity contribution in [3.05, 3.63) is 59.2 Å². The highest BCUT2D eigenvalue weighted by atomic mass is 19.4. The van der Waals surface area contributed by atoms with Crippen LogP contribution in [0.4, 0.5) is 13.2 Å². The molecule has 144 valence electrons. The number of alkyl halides is 3. The molecule has 0 aromatic heterocycles. The number of halogens is 3. The second-order valence-corrected chi connectivity index (χ2v) is 6.56. The van der Waals surface area contributed by atoms with Crippen LogP contribution in [0.2, 0.25) is 0 Å². The van der Waals surface area contributed by atoms with Gasteiger partial charge in [-0.05, 0) is 34.4 Å². The molecule has 0 saturated carbocycles. The molecule has 0 bridgehead atoms. The van der Waals surface area contributed by atoms with E-state index in [0.717, 1.165) is 6.07 Å². The molecule has 0 spiro atoms. The number of rotatable bonds is 4. The molecule has 0 saturated heterocycles.